The van der Waals surface area contributed by atoms with E-state index >= 15 is 0 Å². The number of rotatable bonds is 4. The summed E-state index contributed by atoms with van der Waals surface area (Å²) >= 11 is 0. The Morgan fingerprint density at radius 3 is 2.56 bits per heavy atom. The maximum atomic E-state index is 11.0. The van der Waals surface area contributed by atoms with Gasteiger partial charge in [-0.1, -0.05) is 0 Å². The molecule has 0 unspecified atom stereocenters. The molecule has 0 radical (unpaired) electrons. The lowest BCUT2D eigenvalue weighted by molar-refractivity contribution is 0.314. The Morgan fingerprint density at radius 2 is 2.00 bits per heavy atom. The van der Waals surface area contributed by atoms with Gasteiger partial charge in [-0.25, -0.2) is 13.6 Å². The van der Waals surface area contributed by atoms with Crippen molar-refractivity contribution in [3.63, 3.8) is 0 Å². The van der Waals surface area contributed by atoms with Crippen LogP contribution in [0.1, 0.15) is 12.8 Å². The Bertz CT molecular complexity index is 448. The molecule has 0 saturated carbocycles. The minimum absolute atomic E-state index is 0.0612. The van der Waals surface area contributed by atoms with E-state index in [0.29, 0.717) is 6.54 Å². The van der Waals surface area contributed by atoms with E-state index in [1.54, 1.807) is 10.9 Å². The van der Waals surface area contributed by atoms with Crippen LogP contribution in [0.5, 0.6) is 0 Å². The number of aromatic nitrogens is 2. The highest BCUT2D eigenvalue weighted by atomic mass is 32.2. The Morgan fingerprint density at radius 1 is 1.31 bits per heavy atom. The number of primary sulfonamides is 1. The summed E-state index contributed by atoms with van der Waals surface area (Å²) in [6.45, 7) is 3.87. The van der Waals surface area contributed by atoms with Gasteiger partial charge in [-0.15, -0.1) is 0 Å². The zero-order chi connectivity index (χ0) is 11.6. The largest absolute Gasteiger partial charge is 0.301 e. The molecule has 2 N–H and O–H groups in total. The van der Waals surface area contributed by atoms with Crippen LogP contribution in [0.3, 0.4) is 0 Å². The molecule has 0 atom stereocenters. The van der Waals surface area contributed by atoms with Crippen LogP contribution in [0.2, 0.25) is 0 Å². The lowest BCUT2D eigenvalue weighted by Gasteiger charge is -2.13. The van der Waals surface area contributed by atoms with Crippen LogP contribution < -0.4 is 5.14 Å². The SMILES string of the molecule is NS(=O)(=O)c1ccn(CCN2CCCC2)n1. The smallest absolute Gasteiger partial charge is 0.257 e. The average molecular weight is 244 g/mol. The van der Waals surface area contributed by atoms with Crippen molar-refractivity contribution in [1.82, 2.24) is 14.7 Å². The van der Waals surface area contributed by atoms with Gasteiger partial charge < -0.3 is 4.90 Å². The van der Waals surface area contributed by atoms with Gasteiger partial charge in [-0.2, -0.15) is 5.10 Å². The monoisotopic (exact) mass is 244 g/mol. The van der Waals surface area contributed by atoms with E-state index in [-0.39, 0.29) is 5.03 Å². The van der Waals surface area contributed by atoms with Crippen LogP contribution in [-0.2, 0) is 16.6 Å². The summed E-state index contributed by atoms with van der Waals surface area (Å²) in [5.74, 6) is 0. The predicted octanol–water partition coefficient (Wildman–Crippen LogP) is -0.374. The maximum absolute atomic E-state index is 11.0. The lowest BCUT2D eigenvalue weighted by atomic mass is 10.4. The second-order valence-corrected chi connectivity index (χ2v) is 5.52. The normalized spacial score (nSPS) is 18.1. The summed E-state index contributed by atoms with van der Waals surface area (Å²) in [4.78, 5) is 2.35. The van der Waals surface area contributed by atoms with Crippen molar-refractivity contribution in [1.29, 1.82) is 0 Å². The van der Waals surface area contributed by atoms with E-state index < -0.39 is 10.0 Å². The van der Waals surface area contributed by atoms with E-state index in [0.717, 1.165) is 19.6 Å². The summed E-state index contributed by atoms with van der Waals surface area (Å²) < 4.78 is 23.6. The van der Waals surface area contributed by atoms with E-state index in [2.05, 4.69) is 10.00 Å². The summed E-state index contributed by atoms with van der Waals surface area (Å²) in [5, 5.41) is 8.83. The predicted molar refractivity (Wildman–Crippen MR) is 59.3 cm³/mol. The second-order valence-electron chi connectivity index (χ2n) is 4.01. The molecule has 0 aliphatic carbocycles. The van der Waals surface area contributed by atoms with Crippen LogP contribution in [-0.4, -0.2) is 42.7 Å². The Balaban J connectivity index is 1.92. The summed E-state index contributed by atoms with van der Waals surface area (Å²) in [6.07, 6.45) is 4.15. The fourth-order valence-electron chi connectivity index (χ4n) is 1.87. The molecule has 0 spiro atoms. The molecule has 16 heavy (non-hydrogen) atoms. The molecule has 6 nitrogen and oxygen atoms in total. The van der Waals surface area contributed by atoms with Gasteiger partial charge >= 0.3 is 0 Å². The Hall–Kier alpha value is -0.920. The van der Waals surface area contributed by atoms with Gasteiger partial charge in [0, 0.05) is 12.7 Å². The second kappa shape index (κ2) is 4.52. The molecule has 0 amide bonds. The number of hydrogen-bond acceptors (Lipinski definition) is 4. The molecule has 2 rings (SSSR count). The van der Waals surface area contributed by atoms with Crippen molar-refractivity contribution >= 4 is 10.0 Å². The van der Waals surface area contributed by atoms with Crippen molar-refractivity contribution < 1.29 is 8.42 Å². The molecule has 1 fully saturated rings. The maximum Gasteiger partial charge on any atom is 0.257 e. The molecule has 1 aliphatic heterocycles. The third kappa shape index (κ3) is 2.81. The Kier molecular flexibility index (Phi) is 3.27. The first-order valence-electron chi connectivity index (χ1n) is 5.34. The number of hydrogen-bond donors (Lipinski definition) is 1. The van der Waals surface area contributed by atoms with E-state index in [4.69, 9.17) is 5.14 Å². The van der Waals surface area contributed by atoms with Gasteiger partial charge in [-0.05, 0) is 32.0 Å². The molecule has 2 heterocycles. The van der Waals surface area contributed by atoms with Gasteiger partial charge in [0.25, 0.3) is 10.0 Å². The number of nitrogens with zero attached hydrogens (tertiary/aromatic N) is 3. The van der Waals surface area contributed by atoms with Gasteiger partial charge in [0.15, 0.2) is 5.03 Å². The van der Waals surface area contributed by atoms with Crippen molar-refractivity contribution in [3.8, 4) is 0 Å². The standard InChI is InChI=1S/C9H16N4O2S/c10-16(14,15)9-3-6-13(11-9)8-7-12-4-1-2-5-12/h3,6H,1-2,4-5,7-8H2,(H2,10,14,15). The number of nitrogens with two attached hydrogens (primary N) is 1. The van der Waals surface area contributed by atoms with Crippen molar-refractivity contribution in [2.24, 2.45) is 5.14 Å². The highest BCUT2D eigenvalue weighted by Gasteiger charge is 2.13. The lowest BCUT2D eigenvalue weighted by Crippen LogP contribution is -2.24. The first-order chi connectivity index (χ1) is 7.55. The summed E-state index contributed by atoms with van der Waals surface area (Å²) in [7, 11) is -3.66. The van der Waals surface area contributed by atoms with Crippen molar-refractivity contribution in [2.75, 3.05) is 19.6 Å². The van der Waals surface area contributed by atoms with Crippen molar-refractivity contribution in [3.05, 3.63) is 12.3 Å². The van der Waals surface area contributed by atoms with Crippen LogP contribution in [0.4, 0.5) is 0 Å². The zero-order valence-electron chi connectivity index (χ0n) is 9.04. The van der Waals surface area contributed by atoms with Crippen LogP contribution in [0, 0.1) is 0 Å². The molecule has 1 aliphatic rings. The van der Waals surface area contributed by atoms with Crippen LogP contribution in [0.25, 0.3) is 0 Å². The topological polar surface area (TPSA) is 81.2 Å². The van der Waals surface area contributed by atoms with E-state index in [1.807, 2.05) is 0 Å². The minimum atomic E-state index is -3.66. The zero-order valence-corrected chi connectivity index (χ0v) is 9.86. The third-order valence-electron chi connectivity index (χ3n) is 2.75. The molecule has 1 aromatic heterocycles. The molecule has 0 aromatic carbocycles. The van der Waals surface area contributed by atoms with Gasteiger partial charge in [0.1, 0.15) is 0 Å². The Labute approximate surface area is 95.1 Å². The first-order valence-corrected chi connectivity index (χ1v) is 6.89. The first kappa shape index (κ1) is 11.6. The summed E-state index contributed by atoms with van der Waals surface area (Å²) in [6, 6.07) is 1.43. The fourth-order valence-corrected chi connectivity index (χ4v) is 2.34. The molecular formula is C9H16N4O2S. The molecular weight excluding hydrogens is 228 g/mol. The number of sulfonamides is 1. The van der Waals surface area contributed by atoms with Crippen LogP contribution >= 0.6 is 0 Å². The van der Waals surface area contributed by atoms with Gasteiger partial charge in [0.2, 0.25) is 0 Å². The van der Waals surface area contributed by atoms with E-state index in [1.165, 1.54) is 18.9 Å². The molecule has 7 heteroatoms. The highest BCUT2D eigenvalue weighted by molar-refractivity contribution is 7.89. The average Bonchev–Trinajstić information content (AvgIpc) is 2.85. The van der Waals surface area contributed by atoms with E-state index in [9.17, 15) is 8.42 Å². The summed E-state index contributed by atoms with van der Waals surface area (Å²) in [5.41, 5.74) is 0. The fraction of sp³-hybridized carbons (Fsp3) is 0.667. The van der Waals surface area contributed by atoms with Gasteiger partial charge in [0.05, 0.1) is 6.54 Å². The molecule has 90 valence electrons. The van der Waals surface area contributed by atoms with Crippen molar-refractivity contribution in [2.45, 2.75) is 24.4 Å². The molecule has 0 bridgehead atoms. The quantitative estimate of drug-likeness (QED) is 0.783. The van der Waals surface area contributed by atoms with Gasteiger partial charge in [-0.3, -0.25) is 4.68 Å². The van der Waals surface area contributed by atoms with Crippen LogP contribution in [0.15, 0.2) is 17.3 Å². The minimum Gasteiger partial charge on any atom is -0.301 e. The molecule has 1 saturated heterocycles. The number of likely N-dealkylation sites (tertiary alicyclic amines) is 1. The highest BCUT2D eigenvalue weighted by Crippen LogP contribution is 2.07. The molecule has 1 aromatic rings. The third-order valence-corrected chi connectivity index (χ3v) is 3.55.